The predicted octanol–water partition coefficient (Wildman–Crippen LogP) is 3.41. The highest BCUT2D eigenvalue weighted by Crippen LogP contribution is 2.27. The minimum absolute atomic E-state index is 0.180. The Morgan fingerprint density at radius 2 is 2.12 bits per heavy atom. The third-order valence-electron chi connectivity index (χ3n) is 2.82. The standard InChI is InChI=1S/C13H16ClNO/c1-9(2)15-8-10(5-6-16)12-4-3-11(14)7-13(12)15/h3-4,7-9,16H,5-6H2,1-2H3. The highest BCUT2D eigenvalue weighted by Gasteiger charge is 2.10. The molecule has 0 saturated heterocycles. The molecule has 86 valence electrons. The number of rotatable bonds is 3. The first-order valence-electron chi connectivity index (χ1n) is 5.53. The lowest BCUT2D eigenvalue weighted by Crippen LogP contribution is -1.98. The van der Waals surface area contributed by atoms with Gasteiger partial charge in [-0.05, 0) is 38.0 Å². The summed E-state index contributed by atoms with van der Waals surface area (Å²) in [5.74, 6) is 0. The lowest BCUT2D eigenvalue weighted by molar-refractivity contribution is 0.300. The van der Waals surface area contributed by atoms with E-state index in [1.54, 1.807) is 0 Å². The molecule has 2 aromatic rings. The summed E-state index contributed by atoms with van der Waals surface area (Å²) in [5.41, 5.74) is 2.33. The van der Waals surface area contributed by atoms with Crippen LogP contribution in [0.5, 0.6) is 0 Å². The van der Waals surface area contributed by atoms with E-state index in [9.17, 15) is 0 Å². The van der Waals surface area contributed by atoms with Crippen LogP contribution in [-0.2, 0) is 6.42 Å². The van der Waals surface area contributed by atoms with Crippen molar-refractivity contribution in [3.8, 4) is 0 Å². The molecule has 1 aromatic heterocycles. The Hall–Kier alpha value is -0.990. The smallest absolute Gasteiger partial charge is 0.0500 e. The van der Waals surface area contributed by atoms with Crippen LogP contribution in [0.2, 0.25) is 5.02 Å². The maximum atomic E-state index is 9.05. The van der Waals surface area contributed by atoms with Crippen LogP contribution in [0, 0.1) is 0 Å². The number of hydrogen-bond donors (Lipinski definition) is 1. The molecule has 16 heavy (non-hydrogen) atoms. The van der Waals surface area contributed by atoms with Crippen LogP contribution >= 0.6 is 11.6 Å². The fraction of sp³-hybridized carbons (Fsp3) is 0.385. The Balaban J connectivity index is 2.66. The number of nitrogens with zero attached hydrogens (tertiary/aromatic N) is 1. The summed E-state index contributed by atoms with van der Waals surface area (Å²) in [4.78, 5) is 0. The van der Waals surface area contributed by atoms with Gasteiger partial charge in [-0.1, -0.05) is 17.7 Å². The van der Waals surface area contributed by atoms with Gasteiger partial charge in [-0.3, -0.25) is 0 Å². The molecule has 0 saturated carbocycles. The number of benzene rings is 1. The average molecular weight is 238 g/mol. The number of fused-ring (bicyclic) bond motifs is 1. The largest absolute Gasteiger partial charge is 0.396 e. The van der Waals surface area contributed by atoms with Crippen LogP contribution in [0.15, 0.2) is 24.4 Å². The Labute approximate surface area is 100 Å². The third kappa shape index (κ3) is 1.95. The van der Waals surface area contributed by atoms with E-state index >= 15 is 0 Å². The van der Waals surface area contributed by atoms with E-state index in [-0.39, 0.29) is 6.61 Å². The summed E-state index contributed by atoms with van der Waals surface area (Å²) in [6, 6.07) is 6.31. The van der Waals surface area contributed by atoms with Gasteiger partial charge < -0.3 is 9.67 Å². The van der Waals surface area contributed by atoms with Gasteiger partial charge in [0.1, 0.15) is 0 Å². The van der Waals surface area contributed by atoms with Crippen molar-refractivity contribution >= 4 is 22.5 Å². The topological polar surface area (TPSA) is 25.2 Å². The molecule has 0 spiro atoms. The molecule has 0 fully saturated rings. The maximum absolute atomic E-state index is 9.05. The first-order chi connectivity index (χ1) is 7.63. The Morgan fingerprint density at radius 3 is 2.75 bits per heavy atom. The van der Waals surface area contributed by atoms with Gasteiger partial charge in [0, 0.05) is 29.3 Å². The maximum Gasteiger partial charge on any atom is 0.0500 e. The predicted molar refractivity (Wildman–Crippen MR) is 68.1 cm³/mol. The Kier molecular flexibility index (Phi) is 3.22. The SMILES string of the molecule is CC(C)n1cc(CCO)c2ccc(Cl)cc21. The van der Waals surface area contributed by atoms with E-state index < -0.39 is 0 Å². The van der Waals surface area contributed by atoms with Crippen LogP contribution in [0.25, 0.3) is 10.9 Å². The number of hydrogen-bond acceptors (Lipinski definition) is 1. The fourth-order valence-electron chi connectivity index (χ4n) is 2.04. The molecular weight excluding hydrogens is 222 g/mol. The summed E-state index contributed by atoms with van der Waals surface area (Å²) in [6.45, 7) is 4.46. The zero-order valence-corrected chi connectivity index (χ0v) is 10.3. The summed E-state index contributed by atoms with van der Waals surface area (Å²) in [7, 11) is 0. The Bertz CT molecular complexity index is 502. The van der Waals surface area contributed by atoms with Crippen LogP contribution in [0.4, 0.5) is 0 Å². The van der Waals surface area contributed by atoms with Gasteiger partial charge in [-0.25, -0.2) is 0 Å². The number of aliphatic hydroxyl groups is 1. The first kappa shape index (κ1) is 11.5. The molecule has 2 rings (SSSR count). The molecule has 0 amide bonds. The summed E-state index contributed by atoms with van der Waals surface area (Å²) in [5, 5.41) is 11.0. The summed E-state index contributed by atoms with van der Waals surface area (Å²) < 4.78 is 2.20. The molecule has 0 radical (unpaired) electrons. The first-order valence-corrected chi connectivity index (χ1v) is 5.91. The van der Waals surface area contributed by atoms with Gasteiger partial charge in [0.15, 0.2) is 0 Å². The quantitative estimate of drug-likeness (QED) is 0.870. The van der Waals surface area contributed by atoms with E-state index in [4.69, 9.17) is 16.7 Å². The molecule has 1 aromatic carbocycles. The second kappa shape index (κ2) is 4.48. The van der Waals surface area contributed by atoms with Gasteiger partial charge in [0.2, 0.25) is 0 Å². The van der Waals surface area contributed by atoms with Crippen LogP contribution in [0.1, 0.15) is 25.5 Å². The zero-order chi connectivity index (χ0) is 11.7. The van der Waals surface area contributed by atoms with Gasteiger partial charge >= 0.3 is 0 Å². The zero-order valence-electron chi connectivity index (χ0n) is 9.57. The number of aliphatic hydroxyl groups excluding tert-OH is 1. The van der Waals surface area contributed by atoms with Gasteiger partial charge in [-0.15, -0.1) is 0 Å². The second-order valence-electron chi connectivity index (χ2n) is 4.29. The van der Waals surface area contributed by atoms with Crippen LogP contribution < -0.4 is 0 Å². The Morgan fingerprint density at radius 1 is 1.38 bits per heavy atom. The van der Waals surface area contributed by atoms with Crippen LogP contribution in [0.3, 0.4) is 0 Å². The molecule has 0 aliphatic rings. The van der Waals surface area contributed by atoms with Crippen molar-refractivity contribution in [1.82, 2.24) is 4.57 Å². The monoisotopic (exact) mass is 237 g/mol. The van der Waals surface area contributed by atoms with Crippen LogP contribution in [-0.4, -0.2) is 16.3 Å². The van der Waals surface area contributed by atoms with Gasteiger partial charge in [-0.2, -0.15) is 0 Å². The molecule has 3 heteroatoms. The van der Waals surface area contributed by atoms with Crippen molar-refractivity contribution in [2.75, 3.05) is 6.61 Å². The van der Waals surface area contributed by atoms with E-state index in [0.29, 0.717) is 12.5 Å². The van der Waals surface area contributed by atoms with Crippen molar-refractivity contribution < 1.29 is 5.11 Å². The highest BCUT2D eigenvalue weighted by molar-refractivity contribution is 6.31. The molecular formula is C13H16ClNO. The normalized spacial score (nSPS) is 11.6. The van der Waals surface area contributed by atoms with E-state index in [1.165, 1.54) is 10.9 Å². The van der Waals surface area contributed by atoms with E-state index in [1.807, 2.05) is 18.2 Å². The highest BCUT2D eigenvalue weighted by atomic mass is 35.5. The molecule has 0 aliphatic heterocycles. The van der Waals surface area contributed by atoms with Gasteiger partial charge in [0.25, 0.3) is 0 Å². The average Bonchev–Trinajstić information content (AvgIpc) is 2.57. The number of halogens is 1. The van der Waals surface area contributed by atoms with Gasteiger partial charge in [0.05, 0.1) is 5.52 Å². The summed E-state index contributed by atoms with van der Waals surface area (Å²) in [6.07, 6.45) is 2.81. The fourth-order valence-corrected chi connectivity index (χ4v) is 2.21. The lowest BCUT2D eigenvalue weighted by atomic mass is 10.1. The molecule has 0 unspecified atom stereocenters. The minimum Gasteiger partial charge on any atom is -0.396 e. The summed E-state index contributed by atoms with van der Waals surface area (Å²) >= 11 is 6.02. The van der Waals surface area contributed by atoms with E-state index in [2.05, 4.69) is 24.6 Å². The molecule has 2 nitrogen and oxygen atoms in total. The minimum atomic E-state index is 0.180. The van der Waals surface area contributed by atoms with E-state index in [0.717, 1.165) is 10.5 Å². The molecule has 1 heterocycles. The molecule has 0 atom stereocenters. The third-order valence-corrected chi connectivity index (χ3v) is 3.05. The second-order valence-corrected chi connectivity index (χ2v) is 4.73. The molecule has 0 aliphatic carbocycles. The molecule has 1 N–H and O–H groups in total. The van der Waals surface area contributed by atoms with Crippen molar-refractivity contribution in [3.05, 3.63) is 35.0 Å². The molecule has 0 bridgehead atoms. The lowest BCUT2D eigenvalue weighted by Gasteiger charge is -2.08. The number of aromatic nitrogens is 1. The van der Waals surface area contributed by atoms with Crippen molar-refractivity contribution in [1.29, 1.82) is 0 Å². The van der Waals surface area contributed by atoms with Crippen molar-refractivity contribution in [3.63, 3.8) is 0 Å². The van der Waals surface area contributed by atoms with Crippen molar-refractivity contribution in [2.24, 2.45) is 0 Å². The van der Waals surface area contributed by atoms with Crippen molar-refractivity contribution in [2.45, 2.75) is 26.3 Å².